The molecule has 0 spiro atoms. The van der Waals surface area contributed by atoms with Crippen LogP contribution in [0.15, 0.2) is 40.0 Å². The van der Waals surface area contributed by atoms with Gasteiger partial charge in [-0.05, 0) is 24.5 Å². The Morgan fingerprint density at radius 3 is 2.66 bits per heavy atom. The van der Waals surface area contributed by atoms with Gasteiger partial charge < -0.3 is 14.7 Å². The van der Waals surface area contributed by atoms with E-state index in [0.29, 0.717) is 17.4 Å². The van der Waals surface area contributed by atoms with Crippen molar-refractivity contribution in [2.45, 2.75) is 31.1 Å². The number of hydrogen-bond acceptors (Lipinski definition) is 9. The molecule has 0 saturated carbocycles. The van der Waals surface area contributed by atoms with Gasteiger partial charge in [0.25, 0.3) is 0 Å². The predicted octanol–water partition coefficient (Wildman–Crippen LogP) is 3.95. The molecule has 8 nitrogen and oxygen atoms in total. The molecule has 1 saturated heterocycles. The number of nitrogens with zero attached hydrogens (tertiary/aromatic N) is 6. The monoisotopic (exact) mass is 457 g/mol. The van der Waals surface area contributed by atoms with Crippen LogP contribution in [-0.2, 0) is 6.42 Å². The SMILES string of the molecule is CSc1ccc(Nc2cc(N3CCN(CCc4nc(C(C)C)no4)CC3)ncn2)c(F)c1. The fraction of sp³-hybridized carbons (Fsp3) is 0.455. The van der Waals surface area contributed by atoms with Gasteiger partial charge in [0.1, 0.15) is 23.8 Å². The summed E-state index contributed by atoms with van der Waals surface area (Å²) in [6, 6.07) is 7.00. The molecule has 2 aromatic heterocycles. The van der Waals surface area contributed by atoms with Gasteiger partial charge in [-0.25, -0.2) is 14.4 Å². The van der Waals surface area contributed by atoms with Crippen LogP contribution in [0.5, 0.6) is 0 Å². The zero-order valence-electron chi connectivity index (χ0n) is 18.6. The predicted molar refractivity (Wildman–Crippen MR) is 124 cm³/mol. The lowest BCUT2D eigenvalue weighted by Gasteiger charge is -2.35. The number of aromatic nitrogens is 4. The Bertz CT molecular complexity index is 1040. The molecule has 0 bridgehead atoms. The highest BCUT2D eigenvalue weighted by Gasteiger charge is 2.19. The molecule has 3 heterocycles. The third kappa shape index (κ3) is 5.55. The number of rotatable bonds is 8. The van der Waals surface area contributed by atoms with Gasteiger partial charge in [0.15, 0.2) is 5.82 Å². The molecular formula is C22H28FN7OS. The molecule has 1 aliphatic heterocycles. The summed E-state index contributed by atoms with van der Waals surface area (Å²) in [7, 11) is 0. The van der Waals surface area contributed by atoms with Crippen LogP contribution in [0.3, 0.4) is 0 Å². The maximum Gasteiger partial charge on any atom is 0.227 e. The second-order valence-electron chi connectivity index (χ2n) is 8.01. The molecular weight excluding hydrogens is 429 g/mol. The molecule has 3 aromatic rings. The zero-order chi connectivity index (χ0) is 22.5. The quantitative estimate of drug-likeness (QED) is 0.506. The Morgan fingerprint density at radius 1 is 1.16 bits per heavy atom. The summed E-state index contributed by atoms with van der Waals surface area (Å²) in [5, 5.41) is 7.09. The standard InChI is InChI=1S/C22H28FN7OS/c1-15(2)22-27-21(31-28-22)6-7-29-8-10-30(11-9-29)20-13-19(24-14-25-20)26-18-5-4-16(32-3)12-17(18)23/h4-5,12-15H,6-11H2,1-3H3,(H,24,25,26). The molecule has 0 amide bonds. The van der Waals surface area contributed by atoms with E-state index in [-0.39, 0.29) is 11.7 Å². The third-order valence-corrected chi connectivity index (χ3v) is 6.16. The van der Waals surface area contributed by atoms with Crippen LogP contribution in [0.2, 0.25) is 0 Å². The topological polar surface area (TPSA) is 83.2 Å². The minimum Gasteiger partial charge on any atom is -0.354 e. The van der Waals surface area contributed by atoms with E-state index >= 15 is 0 Å². The molecule has 0 aliphatic carbocycles. The minimum absolute atomic E-state index is 0.273. The number of nitrogens with one attached hydrogen (secondary N) is 1. The first-order valence-electron chi connectivity index (χ1n) is 10.7. The average molecular weight is 458 g/mol. The Morgan fingerprint density at radius 2 is 1.97 bits per heavy atom. The van der Waals surface area contributed by atoms with Crippen molar-refractivity contribution in [3.05, 3.63) is 48.1 Å². The summed E-state index contributed by atoms with van der Waals surface area (Å²) in [5.41, 5.74) is 0.402. The second kappa shape index (κ2) is 10.3. The number of hydrogen-bond donors (Lipinski definition) is 1. The number of anilines is 3. The van der Waals surface area contributed by atoms with E-state index in [4.69, 9.17) is 4.52 Å². The van der Waals surface area contributed by atoms with Crippen molar-refractivity contribution in [1.82, 2.24) is 25.0 Å². The van der Waals surface area contributed by atoms with Crippen LogP contribution in [-0.4, -0.2) is 64.0 Å². The first kappa shape index (κ1) is 22.5. The van der Waals surface area contributed by atoms with Crippen LogP contribution in [0.25, 0.3) is 0 Å². The first-order chi connectivity index (χ1) is 15.5. The van der Waals surface area contributed by atoms with E-state index in [2.05, 4.69) is 49.1 Å². The maximum atomic E-state index is 14.3. The number of piperazine rings is 1. The molecule has 1 fully saturated rings. The Balaban J connectivity index is 1.30. The number of thioether (sulfide) groups is 1. The first-order valence-corrected chi connectivity index (χ1v) is 12.0. The second-order valence-corrected chi connectivity index (χ2v) is 8.89. The van der Waals surface area contributed by atoms with Gasteiger partial charge in [0, 0.05) is 56.0 Å². The molecule has 0 atom stereocenters. The largest absolute Gasteiger partial charge is 0.354 e. The molecule has 1 aliphatic rings. The highest BCUT2D eigenvalue weighted by atomic mass is 32.2. The van der Waals surface area contributed by atoms with E-state index in [1.165, 1.54) is 24.2 Å². The van der Waals surface area contributed by atoms with Crippen molar-refractivity contribution < 1.29 is 8.91 Å². The summed E-state index contributed by atoms with van der Waals surface area (Å²) >= 11 is 1.51. The highest BCUT2D eigenvalue weighted by Crippen LogP contribution is 2.25. The number of benzene rings is 1. The Hall–Kier alpha value is -2.72. The van der Waals surface area contributed by atoms with E-state index in [9.17, 15) is 4.39 Å². The fourth-order valence-electron chi connectivity index (χ4n) is 3.51. The normalized spacial score (nSPS) is 14.8. The lowest BCUT2D eigenvalue weighted by Crippen LogP contribution is -2.47. The van der Waals surface area contributed by atoms with Gasteiger partial charge in [-0.3, -0.25) is 4.90 Å². The van der Waals surface area contributed by atoms with E-state index in [0.717, 1.165) is 55.7 Å². The van der Waals surface area contributed by atoms with Gasteiger partial charge in [-0.2, -0.15) is 4.98 Å². The van der Waals surface area contributed by atoms with Crippen molar-refractivity contribution in [2.24, 2.45) is 0 Å². The molecule has 1 N–H and O–H groups in total. The van der Waals surface area contributed by atoms with Crippen molar-refractivity contribution in [3.63, 3.8) is 0 Å². The summed E-state index contributed by atoms with van der Waals surface area (Å²) in [6.45, 7) is 8.54. The number of halogens is 1. The van der Waals surface area contributed by atoms with Crippen molar-refractivity contribution in [3.8, 4) is 0 Å². The minimum atomic E-state index is -0.299. The molecule has 0 unspecified atom stereocenters. The molecule has 10 heteroatoms. The van der Waals surface area contributed by atoms with Crippen LogP contribution >= 0.6 is 11.8 Å². The fourth-order valence-corrected chi connectivity index (χ4v) is 3.93. The molecule has 170 valence electrons. The lowest BCUT2D eigenvalue weighted by atomic mass is 10.2. The van der Waals surface area contributed by atoms with E-state index < -0.39 is 0 Å². The summed E-state index contributed by atoms with van der Waals surface area (Å²) in [4.78, 5) is 18.6. The zero-order valence-corrected chi connectivity index (χ0v) is 19.4. The van der Waals surface area contributed by atoms with Gasteiger partial charge in [-0.1, -0.05) is 19.0 Å². The molecule has 1 aromatic carbocycles. The Labute approximate surface area is 191 Å². The van der Waals surface area contributed by atoms with E-state index in [1.54, 1.807) is 6.07 Å². The summed E-state index contributed by atoms with van der Waals surface area (Å²) in [6.07, 6.45) is 4.19. The highest BCUT2D eigenvalue weighted by molar-refractivity contribution is 7.98. The van der Waals surface area contributed by atoms with E-state index in [1.807, 2.05) is 18.4 Å². The average Bonchev–Trinajstić information content (AvgIpc) is 3.29. The molecule has 0 radical (unpaired) electrons. The van der Waals surface area contributed by atoms with Crippen LogP contribution < -0.4 is 10.2 Å². The van der Waals surface area contributed by atoms with Gasteiger partial charge >= 0.3 is 0 Å². The lowest BCUT2D eigenvalue weighted by molar-refractivity contribution is 0.248. The van der Waals surface area contributed by atoms with Crippen LogP contribution in [0.4, 0.5) is 21.7 Å². The van der Waals surface area contributed by atoms with Gasteiger partial charge in [0.2, 0.25) is 5.89 Å². The third-order valence-electron chi connectivity index (χ3n) is 5.43. The van der Waals surface area contributed by atoms with Gasteiger partial charge in [-0.15, -0.1) is 11.8 Å². The smallest absolute Gasteiger partial charge is 0.227 e. The van der Waals surface area contributed by atoms with Crippen molar-refractivity contribution in [1.29, 1.82) is 0 Å². The summed E-state index contributed by atoms with van der Waals surface area (Å²) in [5.74, 6) is 2.84. The van der Waals surface area contributed by atoms with Crippen molar-refractivity contribution in [2.75, 3.05) is 49.2 Å². The molecule has 32 heavy (non-hydrogen) atoms. The molecule has 4 rings (SSSR count). The van der Waals surface area contributed by atoms with Gasteiger partial charge in [0.05, 0.1) is 5.69 Å². The van der Waals surface area contributed by atoms with Crippen LogP contribution in [0, 0.1) is 5.82 Å². The summed E-state index contributed by atoms with van der Waals surface area (Å²) < 4.78 is 19.6. The Kier molecular flexibility index (Phi) is 7.21. The maximum absolute atomic E-state index is 14.3. The van der Waals surface area contributed by atoms with Crippen LogP contribution in [0.1, 0.15) is 31.5 Å². The van der Waals surface area contributed by atoms with Crippen molar-refractivity contribution >= 4 is 29.1 Å².